The van der Waals surface area contributed by atoms with E-state index in [2.05, 4.69) is 5.32 Å². The van der Waals surface area contributed by atoms with E-state index < -0.39 is 17.5 Å². The molecule has 0 aromatic heterocycles. The van der Waals surface area contributed by atoms with Crippen molar-refractivity contribution in [1.82, 2.24) is 0 Å². The third-order valence-corrected chi connectivity index (χ3v) is 2.72. The maximum Gasteiger partial charge on any atom is 0.251 e. The van der Waals surface area contributed by atoms with Crippen molar-refractivity contribution in [2.24, 2.45) is 5.73 Å². The standard InChI is InChI=1S/C14H12F2N2O2/c15-11-6-12(16)13(5-10(11)14(17)20)18-7-8-2-1-3-9(19)4-8/h1-6,18-19H,7H2,(H2,17,20). The molecule has 20 heavy (non-hydrogen) atoms. The first-order chi connectivity index (χ1) is 9.47. The van der Waals surface area contributed by atoms with Gasteiger partial charge in [0.25, 0.3) is 5.91 Å². The van der Waals surface area contributed by atoms with Crippen molar-refractivity contribution in [1.29, 1.82) is 0 Å². The summed E-state index contributed by atoms with van der Waals surface area (Å²) in [7, 11) is 0. The van der Waals surface area contributed by atoms with Crippen molar-refractivity contribution in [2.75, 3.05) is 5.32 Å². The van der Waals surface area contributed by atoms with Crippen LogP contribution < -0.4 is 11.1 Å². The minimum Gasteiger partial charge on any atom is -0.508 e. The first-order valence-corrected chi connectivity index (χ1v) is 5.78. The third-order valence-electron chi connectivity index (χ3n) is 2.72. The van der Waals surface area contributed by atoms with E-state index in [-0.39, 0.29) is 23.5 Å². The van der Waals surface area contributed by atoms with Gasteiger partial charge in [0, 0.05) is 12.6 Å². The Kier molecular flexibility index (Phi) is 3.84. The van der Waals surface area contributed by atoms with E-state index in [4.69, 9.17) is 5.73 Å². The summed E-state index contributed by atoms with van der Waals surface area (Å²) in [6, 6.07) is 8.00. The van der Waals surface area contributed by atoms with Gasteiger partial charge in [0.05, 0.1) is 11.3 Å². The van der Waals surface area contributed by atoms with E-state index in [1.807, 2.05) is 0 Å². The van der Waals surface area contributed by atoms with Gasteiger partial charge in [0.15, 0.2) is 0 Å². The van der Waals surface area contributed by atoms with Gasteiger partial charge in [-0.3, -0.25) is 4.79 Å². The maximum atomic E-state index is 13.6. The van der Waals surface area contributed by atoms with Crippen LogP contribution in [0.15, 0.2) is 36.4 Å². The molecule has 0 atom stereocenters. The predicted octanol–water partition coefficient (Wildman–Crippen LogP) is 2.38. The second kappa shape index (κ2) is 5.56. The van der Waals surface area contributed by atoms with Gasteiger partial charge in [-0.05, 0) is 23.8 Å². The molecule has 0 heterocycles. The highest BCUT2D eigenvalue weighted by Crippen LogP contribution is 2.20. The number of rotatable bonds is 4. The van der Waals surface area contributed by atoms with Crippen molar-refractivity contribution in [3.63, 3.8) is 0 Å². The monoisotopic (exact) mass is 278 g/mol. The number of phenols is 1. The lowest BCUT2D eigenvalue weighted by Gasteiger charge is -2.10. The molecule has 0 aliphatic heterocycles. The fourth-order valence-electron chi connectivity index (χ4n) is 1.74. The van der Waals surface area contributed by atoms with E-state index in [0.29, 0.717) is 11.6 Å². The molecule has 0 aliphatic carbocycles. The summed E-state index contributed by atoms with van der Waals surface area (Å²) in [5.74, 6) is -2.71. The number of nitrogens with two attached hydrogens (primary N) is 1. The molecular formula is C14H12F2N2O2. The van der Waals surface area contributed by atoms with Crippen LogP contribution in [-0.2, 0) is 6.54 Å². The number of benzene rings is 2. The quantitative estimate of drug-likeness (QED) is 0.803. The normalized spacial score (nSPS) is 10.3. The van der Waals surface area contributed by atoms with Crippen molar-refractivity contribution in [3.8, 4) is 5.75 Å². The lowest BCUT2D eigenvalue weighted by atomic mass is 10.1. The third kappa shape index (κ3) is 3.03. The molecule has 104 valence electrons. The average molecular weight is 278 g/mol. The zero-order valence-electron chi connectivity index (χ0n) is 10.4. The number of hydrogen-bond acceptors (Lipinski definition) is 3. The number of carbonyl (C=O) groups is 1. The first-order valence-electron chi connectivity index (χ1n) is 5.78. The number of hydrogen-bond donors (Lipinski definition) is 3. The van der Waals surface area contributed by atoms with Crippen LogP contribution in [-0.4, -0.2) is 11.0 Å². The Hall–Kier alpha value is -2.63. The van der Waals surface area contributed by atoms with Gasteiger partial charge in [-0.2, -0.15) is 0 Å². The van der Waals surface area contributed by atoms with Crippen LogP contribution >= 0.6 is 0 Å². The van der Waals surface area contributed by atoms with Gasteiger partial charge >= 0.3 is 0 Å². The fraction of sp³-hybridized carbons (Fsp3) is 0.0714. The average Bonchev–Trinajstić information content (AvgIpc) is 2.37. The van der Waals surface area contributed by atoms with E-state index in [0.717, 1.165) is 6.07 Å². The summed E-state index contributed by atoms with van der Waals surface area (Å²) in [4.78, 5) is 11.0. The maximum absolute atomic E-state index is 13.6. The molecule has 0 fully saturated rings. The molecule has 2 aromatic rings. The highest BCUT2D eigenvalue weighted by Gasteiger charge is 2.13. The number of primary amides is 1. The van der Waals surface area contributed by atoms with E-state index >= 15 is 0 Å². The van der Waals surface area contributed by atoms with Crippen LogP contribution in [0.4, 0.5) is 14.5 Å². The molecule has 0 radical (unpaired) electrons. The van der Waals surface area contributed by atoms with Crippen LogP contribution in [0.2, 0.25) is 0 Å². The molecule has 0 unspecified atom stereocenters. The predicted molar refractivity (Wildman–Crippen MR) is 70.3 cm³/mol. The van der Waals surface area contributed by atoms with E-state index in [1.54, 1.807) is 12.1 Å². The Balaban J connectivity index is 2.21. The van der Waals surface area contributed by atoms with Crippen LogP contribution in [0.1, 0.15) is 15.9 Å². The number of anilines is 1. The second-order valence-electron chi connectivity index (χ2n) is 4.20. The van der Waals surface area contributed by atoms with Crippen molar-refractivity contribution in [3.05, 3.63) is 59.2 Å². The SMILES string of the molecule is NC(=O)c1cc(NCc2cccc(O)c2)c(F)cc1F. The highest BCUT2D eigenvalue weighted by atomic mass is 19.1. The molecular weight excluding hydrogens is 266 g/mol. The number of carbonyl (C=O) groups excluding carboxylic acids is 1. The number of halogens is 2. The van der Waals surface area contributed by atoms with Crippen LogP contribution in [0.3, 0.4) is 0 Å². The Bertz CT molecular complexity index is 660. The molecule has 0 aliphatic rings. The van der Waals surface area contributed by atoms with Gasteiger partial charge in [0.1, 0.15) is 17.4 Å². The summed E-state index contributed by atoms with van der Waals surface area (Å²) in [5, 5.41) is 12.0. The first kappa shape index (κ1) is 13.8. The second-order valence-corrected chi connectivity index (χ2v) is 4.20. The zero-order valence-corrected chi connectivity index (χ0v) is 10.4. The minimum absolute atomic E-state index is 0.0384. The highest BCUT2D eigenvalue weighted by molar-refractivity contribution is 5.94. The van der Waals surface area contributed by atoms with Crippen molar-refractivity contribution < 1.29 is 18.7 Å². The van der Waals surface area contributed by atoms with Crippen molar-refractivity contribution >= 4 is 11.6 Å². The minimum atomic E-state index is -1.00. The molecule has 0 saturated heterocycles. The Morgan fingerprint density at radius 1 is 1.20 bits per heavy atom. The zero-order chi connectivity index (χ0) is 14.7. The van der Waals surface area contributed by atoms with Crippen LogP contribution in [0.25, 0.3) is 0 Å². The summed E-state index contributed by atoms with van der Waals surface area (Å²) in [6.07, 6.45) is 0. The topological polar surface area (TPSA) is 75.4 Å². The molecule has 2 rings (SSSR count). The molecule has 0 bridgehead atoms. The summed E-state index contributed by atoms with van der Waals surface area (Å²) < 4.78 is 26.9. The largest absolute Gasteiger partial charge is 0.508 e. The van der Waals surface area contributed by atoms with Gasteiger partial charge in [-0.1, -0.05) is 12.1 Å². The molecule has 6 heteroatoms. The Morgan fingerprint density at radius 2 is 1.95 bits per heavy atom. The van der Waals surface area contributed by atoms with Crippen LogP contribution in [0, 0.1) is 11.6 Å². The number of aromatic hydroxyl groups is 1. The van der Waals surface area contributed by atoms with Gasteiger partial charge < -0.3 is 16.2 Å². The van der Waals surface area contributed by atoms with Crippen molar-refractivity contribution in [2.45, 2.75) is 6.54 Å². The summed E-state index contributed by atoms with van der Waals surface area (Å²) in [5.41, 5.74) is 5.28. The molecule has 0 spiro atoms. The molecule has 1 amide bonds. The van der Waals surface area contributed by atoms with Gasteiger partial charge in [-0.25, -0.2) is 8.78 Å². The number of nitrogens with one attached hydrogen (secondary N) is 1. The number of phenolic OH excluding ortho intramolecular Hbond substituents is 1. The van der Waals surface area contributed by atoms with Gasteiger partial charge in [-0.15, -0.1) is 0 Å². The summed E-state index contributed by atoms with van der Waals surface area (Å²) >= 11 is 0. The Morgan fingerprint density at radius 3 is 2.60 bits per heavy atom. The lowest BCUT2D eigenvalue weighted by molar-refractivity contribution is 0.0996. The molecule has 4 nitrogen and oxygen atoms in total. The molecule has 4 N–H and O–H groups in total. The summed E-state index contributed by atoms with van der Waals surface area (Å²) in [6.45, 7) is 0.204. The van der Waals surface area contributed by atoms with E-state index in [1.165, 1.54) is 12.1 Å². The Labute approximate surface area is 113 Å². The smallest absolute Gasteiger partial charge is 0.251 e. The van der Waals surface area contributed by atoms with E-state index in [9.17, 15) is 18.7 Å². The lowest BCUT2D eigenvalue weighted by Crippen LogP contribution is -2.14. The fourth-order valence-corrected chi connectivity index (χ4v) is 1.74. The number of amides is 1. The van der Waals surface area contributed by atoms with Crippen LogP contribution in [0.5, 0.6) is 5.75 Å². The van der Waals surface area contributed by atoms with Gasteiger partial charge in [0.2, 0.25) is 0 Å². The molecule has 0 saturated carbocycles. The molecule has 2 aromatic carbocycles.